The molecule has 0 fully saturated rings. The zero-order valence-corrected chi connectivity index (χ0v) is 11.2. The maximum absolute atomic E-state index is 12.1. The van der Waals surface area contributed by atoms with Crippen molar-refractivity contribution in [3.05, 3.63) is 63.1 Å². The summed E-state index contributed by atoms with van der Waals surface area (Å²) in [6.45, 7) is 2.62. The molecule has 1 aliphatic carbocycles. The van der Waals surface area contributed by atoms with Crippen molar-refractivity contribution in [2.24, 2.45) is 0 Å². The summed E-state index contributed by atoms with van der Waals surface area (Å²) in [5.41, 5.74) is 4.63. The summed E-state index contributed by atoms with van der Waals surface area (Å²) < 4.78 is 1.59. The van der Waals surface area contributed by atoms with Gasteiger partial charge in [0.1, 0.15) is 0 Å². The molecule has 0 aliphatic heterocycles. The molecule has 0 spiro atoms. The molecule has 98 valence electrons. The molecule has 0 bridgehead atoms. The van der Waals surface area contributed by atoms with Crippen LogP contribution in [0, 0.1) is 6.92 Å². The molecule has 2 aromatic rings. The number of hydrogen-bond acceptors (Lipinski definition) is 2. The number of benzene rings is 1. The molecule has 0 unspecified atom stereocenters. The Kier molecular flexibility index (Phi) is 3.20. The Bertz CT molecular complexity index is 641. The van der Waals surface area contributed by atoms with Crippen molar-refractivity contribution >= 4 is 0 Å². The predicted octanol–water partition coefficient (Wildman–Crippen LogP) is 2.48. The molecular weight excluding hydrogens is 236 g/mol. The summed E-state index contributed by atoms with van der Waals surface area (Å²) in [5, 5.41) is 4.53. The van der Waals surface area contributed by atoms with Crippen molar-refractivity contribution in [1.29, 1.82) is 0 Å². The zero-order chi connectivity index (χ0) is 13.2. The van der Waals surface area contributed by atoms with Crippen molar-refractivity contribution in [2.75, 3.05) is 0 Å². The smallest absolute Gasteiger partial charge is 0.267 e. The normalized spacial score (nSPS) is 14.2. The monoisotopic (exact) mass is 254 g/mol. The van der Waals surface area contributed by atoms with Crippen LogP contribution in [-0.2, 0) is 19.4 Å². The summed E-state index contributed by atoms with van der Waals surface area (Å²) in [4.78, 5) is 12.1. The fourth-order valence-electron chi connectivity index (χ4n) is 2.58. The maximum Gasteiger partial charge on any atom is 0.267 e. The van der Waals surface area contributed by atoms with E-state index in [9.17, 15) is 4.79 Å². The van der Waals surface area contributed by atoms with Gasteiger partial charge in [0.2, 0.25) is 0 Å². The van der Waals surface area contributed by atoms with E-state index in [-0.39, 0.29) is 5.56 Å². The topological polar surface area (TPSA) is 34.9 Å². The van der Waals surface area contributed by atoms with Crippen molar-refractivity contribution in [3.63, 3.8) is 0 Å². The average molecular weight is 254 g/mol. The zero-order valence-electron chi connectivity index (χ0n) is 11.2. The average Bonchev–Trinajstić information content (AvgIpc) is 2.42. The summed E-state index contributed by atoms with van der Waals surface area (Å²) in [5.74, 6) is 0. The van der Waals surface area contributed by atoms with E-state index >= 15 is 0 Å². The lowest BCUT2D eigenvalue weighted by Crippen LogP contribution is -2.26. The van der Waals surface area contributed by atoms with Gasteiger partial charge < -0.3 is 0 Å². The van der Waals surface area contributed by atoms with E-state index in [0.717, 1.165) is 29.7 Å². The third-order valence-electron chi connectivity index (χ3n) is 3.73. The van der Waals surface area contributed by atoms with E-state index in [1.807, 2.05) is 0 Å². The van der Waals surface area contributed by atoms with Gasteiger partial charge in [0.15, 0.2) is 0 Å². The minimum absolute atomic E-state index is 0.0150. The predicted molar refractivity (Wildman–Crippen MR) is 75.4 cm³/mol. The van der Waals surface area contributed by atoms with Gasteiger partial charge in [-0.2, -0.15) is 5.10 Å². The second-order valence-corrected chi connectivity index (χ2v) is 5.30. The molecule has 0 saturated heterocycles. The van der Waals surface area contributed by atoms with Gasteiger partial charge in [-0.25, -0.2) is 4.68 Å². The van der Waals surface area contributed by atoms with E-state index in [0.29, 0.717) is 6.54 Å². The first kappa shape index (κ1) is 12.2. The van der Waals surface area contributed by atoms with Crippen LogP contribution in [0.1, 0.15) is 35.2 Å². The number of aromatic nitrogens is 2. The van der Waals surface area contributed by atoms with Crippen LogP contribution in [0.5, 0.6) is 0 Å². The molecule has 1 aromatic carbocycles. The first-order chi connectivity index (χ1) is 9.22. The summed E-state index contributed by atoms with van der Waals surface area (Å²) in [7, 11) is 0. The molecule has 0 saturated carbocycles. The van der Waals surface area contributed by atoms with Gasteiger partial charge in [-0.05, 0) is 43.7 Å². The first-order valence-corrected chi connectivity index (χ1v) is 6.88. The third-order valence-corrected chi connectivity index (χ3v) is 3.73. The second kappa shape index (κ2) is 5.00. The van der Waals surface area contributed by atoms with Gasteiger partial charge in [0.25, 0.3) is 5.56 Å². The lowest BCUT2D eigenvalue weighted by Gasteiger charge is -2.15. The highest BCUT2D eigenvalue weighted by Crippen LogP contribution is 2.17. The van der Waals surface area contributed by atoms with Crippen LogP contribution in [0.25, 0.3) is 0 Å². The molecule has 1 heterocycles. The van der Waals surface area contributed by atoms with E-state index in [4.69, 9.17) is 0 Å². The minimum Gasteiger partial charge on any atom is -0.268 e. The molecule has 0 amide bonds. The van der Waals surface area contributed by atoms with E-state index < -0.39 is 0 Å². The fraction of sp³-hybridized carbons (Fsp3) is 0.375. The van der Waals surface area contributed by atoms with Crippen molar-refractivity contribution < 1.29 is 0 Å². The van der Waals surface area contributed by atoms with Crippen LogP contribution >= 0.6 is 0 Å². The standard InChI is InChI=1S/C16H18N2O/c1-12-6-8-13(9-7-12)11-18-16(19)10-14-4-2-3-5-15(14)17-18/h6-10H,2-5,11H2,1H3. The Hall–Kier alpha value is -1.90. The van der Waals surface area contributed by atoms with Gasteiger partial charge in [0, 0.05) is 6.07 Å². The number of rotatable bonds is 2. The van der Waals surface area contributed by atoms with E-state index in [1.165, 1.54) is 18.4 Å². The highest BCUT2D eigenvalue weighted by molar-refractivity contribution is 5.23. The molecule has 3 rings (SSSR count). The van der Waals surface area contributed by atoms with Crippen LogP contribution in [-0.4, -0.2) is 9.78 Å². The SMILES string of the molecule is Cc1ccc(Cn2nc3c(cc2=O)CCCC3)cc1. The molecule has 3 heteroatoms. The molecule has 3 nitrogen and oxygen atoms in total. The van der Waals surface area contributed by atoms with Crippen LogP contribution in [0.4, 0.5) is 0 Å². The van der Waals surface area contributed by atoms with Crippen LogP contribution in [0.3, 0.4) is 0 Å². The highest BCUT2D eigenvalue weighted by Gasteiger charge is 2.13. The van der Waals surface area contributed by atoms with Crippen molar-refractivity contribution in [3.8, 4) is 0 Å². The Morgan fingerprint density at radius 3 is 2.68 bits per heavy atom. The van der Waals surface area contributed by atoms with Crippen LogP contribution in [0.15, 0.2) is 35.1 Å². The number of nitrogens with zero attached hydrogens (tertiary/aromatic N) is 2. The Morgan fingerprint density at radius 1 is 1.16 bits per heavy atom. The molecule has 19 heavy (non-hydrogen) atoms. The summed E-state index contributed by atoms with van der Waals surface area (Å²) in [6, 6.07) is 10.0. The van der Waals surface area contributed by atoms with Gasteiger partial charge in [-0.1, -0.05) is 29.8 Å². The summed E-state index contributed by atoms with van der Waals surface area (Å²) >= 11 is 0. The third kappa shape index (κ3) is 2.60. The van der Waals surface area contributed by atoms with Gasteiger partial charge in [-0.15, -0.1) is 0 Å². The Balaban J connectivity index is 1.92. The van der Waals surface area contributed by atoms with Crippen molar-refractivity contribution in [1.82, 2.24) is 9.78 Å². The Labute approximate surface area is 112 Å². The highest BCUT2D eigenvalue weighted by atomic mass is 16.1. The number of hydrogen-bond donors (Lipinski definition) is 0. The summed E-state index contributed by atoms with van der Waals surface area (Å²) in [6.07, 6.45) is 4.37. The lowest BCUT2D eigenvalue weighted by atomic mass is 9.97. The Morgan fingerprint density at radius 2 is 1.89 bits per heavy atom. The molecule has 1 aromatic heterocycles. The maximum atomic E-state index is 12.1. The van der Waals surface area contributed by atoms with Gasteiger partial charge in [-0.3, -0.25) is 4.79 Å². The minimum atomic E-state index is 0.0150. The van der Waals surface area contributed by atoms with Crippen molar-refractivity contribution in [2.45, 2.75) is 39.2 Å². The van der Waals surface area contributed by atoms with Crippen LogP contribution in [0.2, 0.25) is 0 Å². The van der Waals surface area contributed by atoms with Gasteiger partial charge >= 0.3 is 0 Å². The van der Waals surface area contributed by atoms with Crippen LogP contribution < -0.4 is 5.56 Å². The first-order valence-electron chi connectivity index (χ1n) is 6.88. The number of fused-ring (bicyclic) bond motifs is 1. The second-order valence-electron chi connectivity index (χ2n) is 5.30. The molecule has 0 atom stereocenters. The largest absolute Gasteiger partial charge is 0.268 e. The van der Waals surface area contributed by atoms with E-state index in [2.05, 4.69) is 36.3 Å². The lowest BCUT2D eigenvalue weighted by molar-refractivity contribution is 0.574. The number of aryl methyl sites for hydroxylation is 3. The molecule has 1 aliphatic rings. The molecular formula is C16H18N2O. The molecule has 0 N–H and O–H groups in total. The van der Waals surface area contributed by atoms with Gasteiger partial charge in [0.05, 0.1) is 12.2 Å². The van der Waals surface area contributed by atoms with E-state index in [1.54, 1.807) is 10.7 Å². The quantitative estimate of drug-likeness (QED) is 0.825. The fourth-order valence-corrected chi connectivity index (χ4v) is 2.58. The molecule has 0 radical (unpaired) electrons.